The zero-order valence-electron chi connectivity index (χ0n) is 10.4. The summed E-state index contributed by atoms with van der Waals surface area (Å²) in [6, 6.07) is 7.32. The van der Waals surface area contributed by atoms with Crippen molar-refractivity contribution in [3.8, 4) is 5.75 Å². The number of pyridine rings is 1. The molecule has 6 heteroatoms. The molecular formula is C14H12N2O4. The van der Waals surface area contributed by atoms with Gasteiger partial charge < -0.3 is 15.5 Å². The molecule has 1 aromatic heterocycles. The minimum atomic E-state index is -1.26. The summed E-state index contributed by atoms with van der Waals surface area (Å²) >= 11 is 0. The number of amides is 1. The first-order valence-electron chi connectivity index (χ1n) is 5.81. The second kappa shape index (κ2) is 5.83. The van der Waals surface area contributed by atoms with E-state index in [1.165, 1.54) is 18.2 Å². The van der Waals surface area contributed by atoms with Gasteiger partial charge in [-0.05, 0) is 35.9 Å². The predicted octanol–water partition coefficient (Wildman–Crippen LogP) is 1.67. The third kappa shape index (κ3) is 3.32. The Labute approximate surface area is 114 Å². The molecule has 0 atom stereocenters. The molecule has 0 aliphatic rings. The molecule has 0 spiro atoms. The minimum absolute atomic E-state index is 0.159. The molecule has 0 saturated carbocycles. The van der Waals surface area contributed by atoms with Crippen LogP contribution in [0.5, 0.6) is 5.75 Å². The first-order chi connectivity index (χ1) is 9.56. The van der Waals surface area contributed by atoms with Gasteiger partial charge in [0.15, 0.2) is 0 Å². The molecule has 20 heavy (non-hydrogen) atoms. The molecule has 1 aromatic carbocycles. The molecule has 102 valence electrons. The zero-order valence-corrected chi connectivity index (χ0v) is 10.4. The van der Waals surface area contributed by atoms with Crippen LogP contribution in [0.1, 0.15) is 15.9 Å². The average molecular weight is 272 g/mol. The number of nitrogens with one attached hydrogen (secondary N) is 1. The third-order valence-corrected chi connectivity index (χ3v) is 2.62. The van der Waals surface area contributed by atoms with Crippen molar-refractivity contribution in [1.82, 2.24) is 4.98 Å². The number of aromatic hydroxyl groups is 1. The first kappa shape index (κ1) is 13.5. The van der Waals surface area contributed by atoms with Gasteiger partial charge in [-0.2, -0.15) is 0 Å². The fraction of sp³-hybridized carbons (Fsp3) is 0.0714. The third-order valence-electron chi connectivity index (χ3n) is 2.62. The van der Waals surface area contributed by atoms with Gasteiger partial charge in [-0.3, -0.25) is 9.78 Å². The number of carbonyl (C=O) groups is 2. The lowest BCUT2D eigenvalue weighted by molar-refractivity contribution is -0.115. The Morgan fingerprint density at radius 3 is 2.50 bits per heavy atom. The lowest BCUT2D eigenvalue weighted by Crippen LogP contribution is -2.14. The average Bonchev–Trinajstić information content (AvgIpc) is 2.41. The highest BCUT2D eigenvalue weighted by molar-refractivity contribution is 5.96. The number of rotatable bonds is 4. The molecule has 0 unspecified atom stereocenters. The summed E-state index contributed by atoms with van der Waals surface area (Å²) in [6.07, 6.45) is 3.34. The van der Waals surface area contributed by atoms with E-state index in [-0.39, 0.29) is 23.6 Å². The Hall–Kier alpha value is -2.89. The van der Waals surface area contributed by atoms with Crippen LogP contribution >= 0.6 is 0 Å². The SMILES string of the molecule is O=C(Cc1ccncc1)Nc1ccc(O)c(C(=O)O)c1. The van der Waals surface area contributed by atoms with Crippen molar-refractivity contribution in [2.45, 2.75) is 6.42 Å². The van der Waals surface area contributed by atoms with Crippen LogP contribution in [0.3, 0.4) is 0 Å². The molecule has 0 radical (unpaired) electrons. The second-order valence-corrected chi connectivity index (χ2v) is 4.12. The number of hydrogen-bond acceptors (Lipinski definition) is 4. The van der Waals surface area contributed by atoms with E-state index in [4.69, 9.17) is 5.11 Å². The lowest BCUT2D eigenvalue weighted by Gasteiger charge is -2.07. The van der Waals surface area contributed by atoms with Gasteiger partial charge in [0.25, 0.3) is 0 Å². The van der Waals surface area contributed by atoms with Gasteiger partial charge in [0.1, 0.15) is 11.3 Å². The minimum Gasteiger partial charge on any atom is -0.507 e. The van der Waals surface area contributed by atoms with Crippen LogP contribution in [0, 0.1) is 0 Å². The number of benzene rings is 1. The quantitative estimate of drug-likeness (QED) is 0.735. The molecule has 3 N–H and O–H groups in total. The molecule has 1 amide bonds. The van der Waals surface area contributed by atoms with Gasteiger partial charge in [-0.25, -0.2) is 4.79 Å². The van der Waals surface area contributed by atoms with Gasteiger partial charge in [0.2, 0.25) is 5.91 Å². The second-order valence-electron chi connectivity index (χ2n) is 4.12. The van der Waals surface area contributed by atoms with Crippen molar-refractivity contribution >= 4 is 17.6 Å². The van der Waals surface area contributed by atoms with E-state index in [9.17, 15) is 14.7 Å². The van der Waals surface area contributed by atoms with Gasteiger partial charge in [0, 0.05) is 18.1 Å². The van der Waals surface area contributed by atoms with Crippen LogP contribution in [-0.2, 0) is 11.2 Å². The maximum absolute atomic E-state index is 11.8. The Balaban J connectivity index is 2.08. The van der Waals surface area contributed by atoms with Crippen LogP contribution in [0.2, 0.25) is 0 Å². The molecule has 0 bridgehead atoms. The molecule has 2 rings (SSSR count). The lowest BCUT2D eigenvalue weighted by atomic mass is 10.1. The standard InChI is InChI=1S/C14H12N2O4/c17-12-2-1-10(8-11(12)14(19)20)16-13(18)7-9-3-5-15-6-4-9/h1-6,8,17H,7H2,(H,16,18)(H,19,20). The van der Waals surface area contributed by atoms with Crippen LogP contribution in [0.25, 0.3) is 0 Å². The van der Waals surface area contributed by atoms with Crippen LogP contribution in [0.4, 0.5) is 5.69 Å². The maximum Gasteiger partial charge on any atom is 0.339 e. The number of nitrogens with zero attached hydrogens (tertiary/aromatic N) is 1. The highest BCUT2D eigenvalue weighted by atomic mass is 16.4. The summed E-state index contributed by atoms with van der Waals surface area (Å²) in [5.41, 5.74) is 0.862. The normalized spacial score (nSPS) is 10.0. The number of carbonyl (C=O) groups excluding carboxylic acids is 1. The van der Waals surface area contributed by atoms with E-state index in [0.717, 1.165) is 5.56 Å². The summed E-state index contributed by atoms with van der Waals surface area (Å²) in [6.45, 7) is 0. The smallest absolute Gasteiger partial charge is 0.339 e. The number of anilines is 1. The highest BCUT2D eigenvalue weighted by Crippen LogP contribution is 2.21. The maximum atomic E-state index is 11.8. The fourth-order valence-corrected chi connectivity index (χ4v) is 1.68. The monoisotopic (exact) mass is 272 g/mol. The number of aromatic carboxylic acids is 1. The zero-order chi connectivity index (χ0) is 14.5. The van der Waals surface area contributed by atoms with Crippen LogP contribution in [0.15, 0.2) is 42.7 Å². The molecule has 1 heterocycles. The summed E-state index contributed by atoms with van der Waals surface area (Å²) in [5, 5.41) is 20.8. The van der Waals surface area contributed by atoms with Crippen LogP contribution in [-0.4, -0.2) is 27.1 Å². The van der Waals surface area contributed by atoms with E-state index in [1.54, 1.807) is 24.5 Å². The fourth-order valence-electron chi connectivity index (χ4n) is 1.68. The first-order valence-corrected chi connectivity index (χ1v) is 5.81. The Bertz CT molecular complexity index is 641. The number of phenols is 1. The molecular weight excluding hydrogens is 260 g/mol. The molecule has 0 saturated heterocycles. The summed E-state index contributed by atoms with van der Waals surface area (Å²) < 4.78 is 0. The highest BCUT2D eigenvalue weighted by Gasteiger charge is 2.11. The van der Waals surface area contributed by atoms with Gasteiger partial charge >= 0.3 is 5.97 Å². The van der Waals surface area contributed by atoms with Crippen molar-refractivity contribution in [3.63, 3.8) is 0 Å². The largest absolute Gasteiger partial charge is 0.507 e. The van der Waals surface area contributed by atoms with Crippen molar-refractivity contribution in [2.75, 3.05) is 5.32 Å². The van der Waals surface area contributed by atoms with Crippen molar-refractivity contribution in [2.24, 2.45) is 0 Å². The van der Waals surface area contributed by atoms with E-state index in [0.29, 0.717) is 5.69 Å². The van der Waals surface area contributed by atoms with Crippen molar-refractivity contribution in [1.29, 1.82) is 0 Å². The number of hydrogen-bond donors (Lipinski definition) is 3. The predicted molar refractivity (Wildman–Crippen MR) is 71.6 cm³/mol. The Morgan fingerprint density at radius 1 is 1.15 bits per heavy atom. The Kier molecular flexibility index (Phi) is 3.95. The van der Waals surface area contributed by atoms with Gasteiger partial charge in [-0.15, -0.1) is 0 Å². The van der Waals surface area contributed by atoms with Gasteiger partial charge in [-0.1, -0.05) is 0 Å². The van der Waals surface area contributed by atoms with E-state index < -0.39 is 5.97 Å². The van der Waals surface area contributed by atoms with Crippen molar-refractivity contribution in [3.05, 3.63) is 53.9 Å². The molecule has 0 aliphatic heterocycles. The topological polar surface area (TPSA) is 99.5 Å². The molecule has 0 aliphatic carbocycles. The van der Waals surface area contributed by atoms with Gasteiger partial charge in [0.05, 0.1) is 6.42 Å². The van der Waals surface area contributed by atoms with Crippen LogP contribution < -0.4 is 5.32 Å². The number of carboxylic acids is 1. The summed E-state index contributed by atoms with van der Waals surface area (Å²) in [7, 11) is 0. The number of aromatic nitrogens is 1. The summed E-state index contributed by atoms with van der Waals surface area (Å²) in [4.78, 5) is 26.5. The van der Waals surface area contributed by atoms with E-state index in [2.05, 4.69) is 10.3 Å². The van der Waals surface area contributed by atoms with E-state index >= 15 is 0 Å². The summed E-state index contributed by atoms with van der Waals surface area (Å²) in [5.74, 6) is -1.88. The molecule has 2 aromatic rings. The molecule has 0 fully saturated rings. The van der Waals surface area contributed by atoms with E-state index in [1.807, 2.05) is 0 Å². The molecule has 6 nitrogen and oxygen atoms in total. The van der Waals surface area contributed by atoms with Crippen molar-refractivity contribution < 1.29 is 19.8 Å². The number of carboxylic acid groups (broad SMARTS) is 1. The Morgan fingerprint density at radius 2 is 1.85 bits per heavy atom.